The van der Waals surface area contributed by atoms with E-state index < -0.39 is 11.6 Å². The smallest absolute Gasteiger partial charge is 0.302 e. The molecular weight excluding hydrogens is 558 g/mol. The topological polar surface area (TPSA) is 92.3 Å². The van der Waals surface area contributed by atoms with Crippen molar-refractivity contribution in [2.24, 2.45) is 52.3 Å². The summed E-state index contributed by atoms with van der Waals surface area (Å²) in [5.74, 6) is 1.77. The van der Waals surface area contributed by atoms with Crippen LogP contribution in [-0.2, 0) is 33.9 Å². The Hall–Kier alpha value is -1.22. The molecule has 6 rings (SSSR count). The lowest BCUT2D eigenvalue weighted by Crippen LogP contribution is -2.62. The summed E-state index contributed by atoms with van der Waals surface area (Å²) in [5.41, 5.74) is 0.331. The van der Waals surface area contributed by atoms with Gasteiger partial charge in [-0.05, 0) is 111 Å². The van der Waals surface area contributed by atoms with E-state index in [0.717, 1.165) is 70.8 Å². The van der Waals surface area contributed by atoms with Crippen molar-refractivity contribution in [2.45, 2.75) is 156 Å². The zero-order valence-corrected chi connectivity index (χ0v) is 28.3. The Balaban J connectivity index is 1.16. The van der Waals surface area contributed by atoms with E-state index in [1.54, 1.807) is 6.92 Å². The van der Waals surface area contributed by atoms with Gasteiger partial charge < -0.3 is 10.1 Å². The minimum atomic E-state index is -0.896. The molecule has 1 N–H and O–H groups in total. The van der Waals surface area contributed by atoms with Crippen LogP contribution in [0, 0.1) is 52.3 Å². The van der Waals surface area contributed by atoms with E-state index in [1.807, 2.05) is 0 Å². The minimum absolute atomic E-state index is 0.0965. The van der Waals surface area contributed by atoms with Gasteiger partial charge in [-0.25, -0.2) is 0 Å². The molecule has 0 radical (unpaired) electrons. The highest BCUT2D eigenvalue weighted by molar-refractivity contribution is 5.75. The molecule has 1 heterocycles. The van der Waals surface area contributed by atoms with Gasteiger partial charge in [0, 0.05) is 51.5 Å². The number of fused-ring (bicyclic) bond motifs is 5. The van der Waals surface area contributed by atoms with Crippen molar-refractivity contribution in [3.05, 3.63) is 0 Å². The van der Waals surface area contributed by atoms with Crippen molar-refractivity contribution < 1.29 is 33.9 Å². The lowest BCUT2D eigenvalue weighted by Gasteiger charge is -2.64. The number of rotatable bonds is 7. The standard InChI is InChI=1S/C36H59NO7/c1-7-20-37-31(39)11-8-24(3)27-9-10-28-32-29(14-15-34(27,28)6)33(5)18-19-36(22-26(33)21-30(32)40-25(4)38)43-41-35(42-44-36)16-12-23(2)13-17-35/h23-24,26-30,32H,7-22H2,1-6H3,(H,37,39)/t23?,24-,26-,27-,28+,29+,30-,32+,33+,34-,35?,36?/m1/s1. The van der Waals surface area contributed by atoms with Crippen LogP contribution in [-0.4, -0.2) is 36.1 Å². The number of hydrogen-bond donors (Lipinski definition) is 1. The second-order valence-electron chi connectivity index (χ2n) is 16.5. The Bertz CT molecular complexity index is 1050. The van der Waals surface area contributed by atoms with Gasteiger partial charge in [0.15, 0.2) is 0 Å². The lowest BCUT2D eigenvalue weighted by molar-refractivity contribution is -0.665. The molecule has 8 nitrogen and oxygen atoms in total. The zero-order valence-electron chi connectivity index (χ0n) is 28.3. The molecule has 8 heteroatoms. The molecule has 2 spiro atoms. The SMILES string of the molecule is CCCNC(=O)CC[C@@H](C)[C@H]1CC[C@H]2[C@@H]3[C@H](OC(C)=O)C[C@@H]4CC5(CC[C@]4(C)[C@H]3CC[C@]12C)OOC1(CCC(C)CC1)OO5. The van der Waals surface area contributed by atoms with Crippen LogP contribution in [0.2, 0.25) is 0 Å². The molecule has 0 aromatic rings. The van der Waals surface area contributed by atoms with Crippen LogP contribution in [0.25, 0.3) is 0 Å². The Labute approximate surface area is 265 Å². The first-order valence-corrected chi connectivity index (χ1v) is 18.1. The molecule has 0 aromatic carbocycles. The molecule has 6 fully saturated rings. The van der Waals surface area contributed by atoms with Crippen molar-refractivity contribution in [1.29, 1.82) is 0 Å². The molecule has 0 aromatic heterocycles. The minimum Gasteiger partial charge on any atom is -0.462 e. The zero-order chi connectivity index (χ0) is 31.3. The first kappa shape index (κ1) is 32.7. The number of ether oxygens (including phenoxy) is 1. The molecule has 1 aliphatic heterocycles. The predicted molar refractivity (Wildman–Crippen MR) is 165 cm³/mol. The highest BCUT2D eigenvalue weighted by atomic mass is 17.4. The summed E-state index contributed by atoms with van der Waals surface area (Å²) in [7, 11) is 0. The Morgan fingerprint density at radius 2 is 1.57 bits per heavy atom. The van der Waals surface area contributed by atoms with E-state index in [1.165, 1.54) is 19.3 Å². The van der Waals surface area contributed by atoms with E-state index in [4.69, 9.17) is 24.3 Å². The highest BCUT2D eigenvalue weighted by Crippen LogP contribution is 2.69. The quantitative estimate of drug-likeness (QED) is 0.232. The van der Waals surface area contributed by atoms with Gasteiger partial charge in [-0.15, -0.1) is 0 Å². The molecule has 5 aliphatic carbocycles. The van der Waals surface area contributed by atoms with Crippen LogP contribution in [0.5, 0.6) is 0 Å². The molecule has 9 atom stereocenters. The van der Waals surface area contributed by atoms with Crippen molar-refractivity contribution in [3.63, 3.8) is 0 Å². The third-order valence-electron chi connectivity index (χ3n) is 13.9. The van der Waals surface area contributed by atoms with Crippen molar-refractivity contribution >= 4 is 11.9 Å². The molecule has 0 unspecified atom stereocenters. The number of nitrogens with one attached hydrogen (secondary N) is 1. The largest absolute Gasteiger partial charge is 0.462 e. The number of hydrogen-bond acceptors (Lipinski definition) is 7. The predicted octanol–water partition coefficient (Wildman–Crippen LogP) is 7.64. The van der Waals surface area contributed by atoms with Crippen LogP contribution in [0.3, 0.4) is 0 Å². The molecule has 1 saturated heterocycles. The Morgan fingerprint density at radius 3 is 2.25 bits per heavy atom. The van der Waals surface area contributed by atoms with E-state index >= 15 is 0 Å². The van der Waals surface area contributed by atoms with E-state index in [0.29, 0.717) is 48.3 Å². The molecule has 1 amide bonds. The number of carbonyl (C=O) groups excluding carboxylic acids is 2. The molecule has 44 heavy (non-hydrogen) atoms. The van der Waals surface area contributed by atoms with Crippen LogP contribution in [0.15, 0.2) is 0 Å². The Kier molecular flexibility index (Phi) is 9.24. The summed E-state index contributed by atoms with van der Waals surface area (Å²) in [4.78, 5) is 49.4. The summed E-state index contributed by atoms with van der Waals surface area (Å²) in [6, 6.07) is 0. The van der Waals surface area contributed by atoms with E-state index in [9.17, 15) is 9.59 Å². The van der Waals surface area contributed by atoms with Gasteiger partial charge in [-0.2, -0.15) is 19.6 Å². The summed E-state index contributed by atoms with van der Waals surface area (Å²) in [6.45, 7) is 14.1. The summed E-state index contributed by atoms with van der Waals surface area (Å²) in [6.07, 6.45) is 14.1. The van der Waals surface area contributed by atoms with Crippen LogP contribution in [0.1, 0.15) is 138 Å². The number of esters is 1. The van der Waals surface area contributed by atoms with Crippen molar-refractivity contribution in [3.8, 4) is 0 Å². The Morgan fingerprint density at radius 1 is 0.886 bits per heavy atom. The van der Waals surface area contributed by atoms with Gasteiger partial charge in [-0.1, -0.05) is 34.6 Å². The van der Waals surface area contributed by atoms with Crippen LogP contribution in [0.4, 0.5) is 0 Å². The maximum atomic E-state index is 12.5. The first-order chi connectivity index (χ1) is 20.9. The molecular formula is C36H59NO7. The third kappa shape index (κ3) is 5.88. The average molecular weight is 618 g/mol. The average Bonchev–Trinajstić information content (AvgIpc) is 3.36. The third-order valence-corrected chi connectivity index (χ3v) is 13.9. The number of carbonyl (C=O) groups is 2. The monoisotopic (exact) mass is 617 g/mol. The van der Waals surface area contributed by atoms with Gasteiger partial charge in [0.25, 0.3) is 0 Å². The second-order valence-corrected chi connectivity index (χ2v) is 16.5. The summed E-state index contributed by atoms with van der Waals surface area (Å²) < 4.78 is 6.26. The van der Waals surface area contributed by atoms with Crippen molar-refractivity contribution in [1.82, 2.24) is 5.32 Å². The van der Waals surface area contributed by atoms with Gasteiger partial charge in [0.05, 0.1) is 0 Å². The number of amides is 1. The van der Waals surface area contributed by atoms with Gasteiger partial charge >= 0.3 is 5.97 Å². The normalized spacial score (nSPS) is 47.4. The van der Waals surface area contributed by atoms with Gasteiger partial charge in [-0.3, -0.25) is 9.59 Å². The fourth-order valence-electron chi connectivity index (χ4n) is 11.2. The van der Waals surface area contributed by atoms with Gasteiger partial charge in [0.2, 0.25) is 17.5 Å². The maximum absolute atomic E-state index is 12.5. The first-order valence-electron chi connectivity index (χ1n) is 18.1. The fraction of sp³-hybridized carbons (Fsp3) is 0.944. The molecule has 5 saturated carbocycles. The van der Waals surface area contributed by atoms with E-state index in [-0.39, 0.29) is 34.7 Å². The fourth-order valence-corrected chi connectivity index (χ4v) is 11.2. The highest BCUT2D eigenvalue weighted by Gasteiger charge is 2.66. The molecule has 0 bridgehead atoms. The lowest BCUT2D eigenvalue weighted by atomic mass is 9.43. The molecule has 6 aliphatic rings. The molecule has 250 valence electrons. The van der Waals surface area contributed by atoms with Gasteiger partial charge in [0.1, 0.15) is 6.10 Å². The van der Waals surface area contributed by atoms with Crippen molar-refractivity contribution in [2.75, 3.05) is 6.54 Å². The second kappa shape index (κ2) is 12.4. The van der Waals surface area contributed by atoms with Crippen LogP contribution >= 0.6 is 0 Å². The maximum Gasteiger partial charge on any atom is 0.302 e. The van der Waals surface area contributed by atoms with E-state index in [2.05, 4.69) is 39.9 Å². The summed E-state index contributed by atoms with van der Waals surface area (Å²) >= 11 is 0. The van der Waals surface area contributed by atoms with Crippen LogP contribution < -0.4 is 5.32 Å². The summed E-state index contributed by atoms with van der Waals surface area (Å²) in [5, 5.41) is 3.05.